The SMILES string of the molecule is CCNC(C)(CCCCn1nc(C)c(Cl)c1C)C(N)=O. The lowest BCUT2D eigenvalue weighted by Crippen LogP contribution is -2.52. The molecule has 1 aromatic heterocycles. The molecule has 0 aliphatic heterocycles. The van der Waals surface area contributed by atoms with Gasteiger partial charge in [0.05, 0.1) is 21.9 Å². The largest absolute Gasteiger partial charge is 0.368 e. The van der Waals surface area contributed by atoms with Crippen LogP contribution in [0.3, 0.4) is 0 Å². The van der Waals surface area contributed by atoms with Crippen LogP contribution in [0.4, 0.5) is 0 Å². The molecule has 0 aliphatic carbocycles. The van der Waals surface area contributed by atoms with E-state index in [4.69, 9.17) is 17.3 Å². The van der Waals surface area contributed by atoms with Crippen LogP contribution in [0.2, 0.25) is 5.02 Å². The lowest BCUT2D eigenvalue weighted by atomic mass is 9.94. The van der Waals surface area contributed by atoms with Crippen molar-refractivity contribution in [2.75, 3.05) is 6.54 Å². The van der Waals surface area contributed by atoms with Crippen LogP contribution < -0.4 is 11.1 Å². The highest BCUT2D eigenvalue weighted by molar-refractivity contribution is 6.31. The summed E-state index contributed by atoms with van der Waals surface area (Å²) in [5.74, 6) is -0.298. The number of carbonyl (C=O) groups excluding carboxylic acids is 1. The molecule has 0 radical (unpaired) electrons. The normalized spacial score (nSPS) is 14.2. The van der Waals surface area contributed by atoms with Crippen molar-refractivity contribution in [2.24, 2.45) is 5.73 Å². The Hall–Kier alpha value is -1.07. The maximum atomic E-state index is 11.5. The van der Waals surface area contributed by atoms with Crippen molar-refractivity contribution in [1.29, 1.82) is 0 Å². The molecule has 0 aliphatic rings. The fraction of sp³-hybridized carbons (Fsp3) is 0.714. The number of nitrogens with one attached hydrogen (secondary N) is 1. The Balaban J connectivity index is 2.48. The van der Waals surface area contributed by atoms with Crippen molar-refractivity contribution in [3.8, 4) is 0 Å². The van der Waals surface area contributed by atoms with Gasteiger partial charge in [-0.1, -0.05) is 18.5 Å². The molecule has 0 saturated carbocycles. The number of likely N-dealkylation sites (N-methyl/N-ethyl adjacent to an activating group) is 1. The molecule has 1 atom stereocenters. The zero-order valence-corrected chi connectivity index (χ0v) is 13.5. The topological polar surface area (TPSA) is 72.9 Å². The molecule has 0 saturated heterocycles. The minimum Gasteiger partial charge on any atom is -0.368 e. The first-order valence-corrected chi connectivity index (χ1v) is 7.44. The standard InChI is InChI=1S/C14H25ClN4O/c1-5-17-14(4,13(16)20)8-6-7-9-19-11(3)12(15)10(2)18-19/h17H,5-9H2,1-4H3,(H2,16,20). The maximum Gasteiger partial charge on any atom is 0.237 e. The summed E-state index contributed by atoms with van der Waals surface area (Å²) in [6.07, 6.45) is 2.57. The van der Waals surface area contributed by atoms with E-state index in [1.807, 2.05) is 32.4 Å². The van der Waals surface area contributed by atoms with E-state index < -0.39 is 5.54 Å². The van der Waals surface area contributed by atoms with Crippen LogP contribution in [0.25, 0.3) is 0 Å². The van der Waals surface area contributed by atoms with Crippen LogP contribution in [-0.4, -0.2) is 27.8 Å². The summed E-state index contributed by atoms with van der Waals surface area (Å²) in [7, 11) is 0. The number of unbranched alkanes of at least 4 members (excludes halogenated alkanes) is 1. The number of nitrogens with zero attached hydrogens (tertiary/aromatic N) is 2. The van der Waals surface area contributed by atoms with Crippen molar-refractivity contribution >= 4 is 17.5 Å². The number of carbonyl (C=O) groups is 1. The Morgan fingerprint density at radius 2 is 2.10 bits per heavy atom. The van der Waals surface area contributed by atoms with Crippen LogP contribution in [0.1, 0.15) is 44.5 Å². The Morgan fingerprint density at radius 1 is 1.45 bits per heavy atom. The van der Waals surface area contributed by atoms with E-state index >= 15 is 0 Å². The summed E-state index contributed by atoms with van der Waals surface area (Å²) in [5, 5.41) is 8.29. The van der Waals surface area contributed by atoms with Gasteiger partial charge in [0.1, 0.15) is 0 Å². The maximum absolute atomic E-state index is 11.5. The van der Waals surface area contributed by atoms with Crippen LogP contribution in [-0.2, 0) is 11.3 Å². The van der Waals surface area contributed by atoms with E-state index in [2.05, 4.69) is 10.4 Å². The molecule has 114 valence electrons. The van der Waals surface area contributed by atoms with E-state index in [-0.39, 0.29) is 5.91 Å². The van der Waals surface area contributed by atoms with E-state index in [1.165, 1.54) is 0 Å². The third-order valence-corrected chi connectivity index (χ3v) is 4.25. The minimum atomic E-state index is -0.624. The highest BCUT2D eigenvalue weighted by Crippen LogP contribution is 2.20. The second kappa shape index (κ2) is 7.09. The summed E-state index contributed by atoms with van der Waals surface area (Å²) in [6, 6.07) is 0. The summed E-state index contributed by atoms with van der Waals surface area (Å²) < 4.78 is 1.92. The van der Waals surface area contributed by atoms with Crippen molar-refractivity contribution in [2.45, 2.75) is 59.0 Å². The number of rotatable bonds is 8. The highest BCUT2D eigenvalue weighted by Gasteiger charge is 2.28. The van der Waals surface area contributed by atoms with Crippen LogP contribution in [0.5, 0.6) is 0 Å². The van der Waals surface area contributed by atoms with Gasteiger partial charge >= 0.3 is 0 Å². The number of halogens is 1. The highest BCUT2D eigenvalue weighted by atomic mass is 35.5. The molecule has 6 heteroatoms. The lowest BCUT2D eigenvalue weighted by molar-refractivity contribution is -0.124. The van der Waals surface area contributed by atoms with Crippen molar-refractivity contribution in [3.63, 3.8) is 0 Å². The van der Waals surface area contributed by atoms with Gasteiger partial charge in [-0.2, -0.15) is 5.10 Å². The number of hydrogen-bond donors (Lipinski definition) is 2. The molecule has 0 spiro atoms. The van der Waals surface area contributed by atoms with Gasteiger partial charge in [-0.25, -0.2) is 0 Å². The number of primary amides is 1. The van der Waals surface area contributed by atoms with E-state index in [1.54, 1.807) is 0 Å². The van der Waals surface area contributed by atoms with Crippen LogP contribution >= 0.6 is 11.6 Å². The summed E-state index contributed by atoms with van der Waals surface area (Å²) in [4.78, 5) is 11.5. The zero-order chi connectivity index (χ0) is 15.3. The summed E-state index contributed by atoms with van der Waals surface area (Å²) in [6.45, 7) is 9.24. The first-order chi connectivity index (χ1) is 9.31. The smallest absolute Gasteiger partial charge is 0.237 e. The number of aromatic nitrogens is 2. The molecule has 0 fully saturated rings. The molecule has 3 N–H and O–H groups in total. The van der Waals surface area contributed by atoms with Gasteiger partial charge in [0.15, 0.2) is 0 Å². The fourth-order valence-electron chi connectivity index (χ4n) is 2.32. The minimum absolute atomic E-state index is 0.298. The second-order valence-electron chi connectivity index (χ2n) is 5.39. The monoisotopic (exact) mass is 300 g/mol. The van der Waals surface area contributed by atoms with E-state index in [0.29, 0.717) is 0 Å². The summed E-state index contributed by atoms with van der Waals surface area (Å²) >= 11 is 6.11. The molecule has 0 aromatic carbocycles. The molecule has 20 heavy (non-hydrogen) atoms. The van der Waals surface area contributed by atoms with Crippen molar-refractivity contribution < 1.29 is 4.79 Å². The third-order valence-electron chi connectivity index (χ3n) is 3.70. The van der Waals surface area contributed by atoms with Gasteiger partial charge in [0.2, 0.25) is 5.91 Å². The van der Waals surface area contributed by atoms with Gasteiger partial charge in [0.25, 0.3) is 0 Å². The molecule has 1 rings (SSSR count). The molecule has 1 heterocycles. The number of nitrogens with two attached hydrogens (primary N) is 1. The molecule has 0 bridgehead atoms. The quantitative estimate of drug-likeness (QED) is 0.723. The zero-order valence-electron chi connectivity index (χ0n) is 12.8. The second-order valence-corrected chi connectivity index (χ2v) is 5.77. The number of hydrogen-bond acceptors (Lipinski definition) is 3. The van der Waals surface area contributed by atoms with E-state index in [0.717, 1.165) is 48.8 Å². The fourth-order valence-corrected chi connectivity index (χ4v) is 2.46. The van der Waals surface area contributed by atoms with Gasteiger partial charge in [-0.15, -0.1) is 0 Å². The van der Waals surface area contributed by atoms with Crippen molar-refractivity contribution in [1.82, 2.24) is 15.1 Å². The molecular weight excluding hydrogens is 276 g/mol. The van der Waals surface area contributed by atoms with Gasteiger partial charge in [-0.3, -0.25) is 9.48 Å². The van der Waals surface area contributed by atoms with Crippen LogP contribution in [0.15, 0.2) is 0 Å². The molecular formula is C14H25ClN4O. The van der Waals surface area contributed by atoms with Gasteiger partial charge < -0.3 is 11.1 Å². The predicted octanol–water partition coefficient (Wildman–Crippen LogP) is 2.18. The van der Waals surface area contributed by atoms with E-state index in [9.17, 15) is 4.79 Å². The molecule has 1 unspecified atom stereocenters. The molecule has 1 amide bonds. The van der Waals surface area contributed by atoms with Crippen molar-refractivity contribution in [3.05, 3.63) is 16.4 Å². The third kappa shape index (κ3) is 3.96. The van der Waals surface area contributed by atoms with Gasteiger partial charge in [0, 0.05) is 6.54 Å². The number of amides is 1. The first kappa shape index (κ1) is 17.0. The predicted molar refractivity (Wildman–Crippen MR) is 81.8 cm³/mol. The van der Waals surface area contributed by atoms with Gasteiger partial charge in [-0.05, 0) is 46.6 Å². The average Bonchev–Trinajstić information content (AvgIpc) is 2.62. The van der Waals surface area contributed by atoms with Crippen LogP contribution in [0, 0.1) is 13.8 Å². The Kier molecular flexibility index (Phi) is 6.02. The first-order valence-electron chi connectivity index (χ1n) is 7.06. The average molecular weight is 301 g/mol. The number of aryl methyl sites for hydroxylation is 2. The lowest BCUT2D eigenvalue weighted by Gasteiger charge is -2.26. The Morgan fingerprint density at radius 3 is 2.55 bits per heavy atom. The Labute approximate surface area is 125 Å². The Bertz CT molecular complexity index is 472. The molecule has 5 nitrogen and oxygen atoms in total. The summed E-state index contributed by atoms with van der Waals surface area (Å²) in [5.41, 5.74) is 6.69. The molecule has 1 aromatic rings.